The van der Waals surface area contributed by atoms with Crippen LogP contribution >= 0.6 is 11.6 Å². The largest absolute Gasteiger partial charge is 0.326 e. The topological polar surface area (TPSA) is 46.2 Å². The fourth-order valence-corrected chi connectivity index (χ4v) is 2.73. The van der Waals surface area contributed by atoms with E-state index >= 15 is 0 Å². The Morgan fingerprint density at radius 3 is 2.74 bits per heavy atom. The van der Waals surface area contributed by atoms with Crippen molar-refractivity contribution in [1.29, 1.82) is 0 Å². The van der Waals surface area contributed by atoms with Crippen LogP contribution in [0.25, 0.3) is 0 Å². The summed E-state index contributed by atoms with van der Waals surface area (Å²) < 4.78 is 0. The van der Waals surface area contributed by atoms with Gasteiger partial charge in [-0.15, -0.1) is 11.6 Å². The van der Waals surface area contributed by atoms with Gasteiger partial charge in [-0.2, -0.15) is 0 Å². The van der Waals surface area contributed by atoms with Crippen LogP contribution in [0.4, 0.5) is 5.69 Å². The second-order valence-corrected chi connectivity index (χ2v) is 6.06. The molecule has 1 aliphatic heterocycles. The normalized spacial score (nSPS) is 16.7. The Hall–Kier alpha value is -1.35. The fourth-order valence-electron chi connectivity index (χ4n) is 2.56. The van der Waals surface area contributed by atoms with E-state index in [1.807, 2.05) is 32.9 Å². The highest BCUT2D eigenvalue weighted by Crippen LogP contribution is 2.39. The van der Waals surface area contributed by atoms with Gasteiger partial charge >= 0.3 is 0 Å². The van der Waals surface area contributed by atoms with Crippen LogP contribution in [0.2, 0.25) is 0 Å². The SMILES string of the molecule is Cc1cc(C(=O)CCCl)cc2c1NC(=O)CC2(C)C. The minimum atomic E-state index is -0.250. The van der Waals surface area contributed by atoms with Crippen LogP contribution in [0.3, 0.4) is 0 Å². The number of halogens is 1. The summed E-state index contributed by atoms with van der Waals surface area (Å²) >= 11 is 5.63. The molecule has 1 heterocycles. The average molecular weight is 280 g/mol. The van der Waals surface area contributed by atoms with E-state index in [-0.39, 0.29) is 17.1 Å². The number of ketones is 1. The van der Waals surface area contributed by atoms with Crippen molar-refractivity contribution in [3.8, 4) is 0 Å². The lowest BCUT2D eigenvalue weighted by Crippen LogP contribution is -2.33. The molecule has 0 unspecified atom stereocenters. The van der Waals surface area contributed by atoms with Gasteiger partial charge in [-0.05, 0) is 30.2 Å². The Morgan fingerprint density at radius 2 is 2.11 bits per heavy atom. The summed E-state index contributed by atoms with van der Waals surface area (Å²) in [6.07, 6.45) is 0.777. The molecule has 19 heavy (non-hydrogen) atoms. The molecule has 0 spiro atoms. The number of anilines is 1. The van der Waals surface area contributed by atoms with Gasteiger partial charge in [0.15, 0.2) is 5.78 Å². The minimum Gasteiger partial charge on any atom is -0.326 e. The molecule has 0 aromatic heterocycles. The quantitative estimate of drug-likeness (QED) is 0.681. The third kappa shape index (κ3) is 2.66. The summed E-state index contributed by atoms with van der Waals surface area (Å²) in [5, 5.41) is 2.91. The van der Waals surface area contributed by atoms with E-state index in [4.69, 9.17) is 11.6 Å². The van der Waals surface area contributed by atoms with Gasteiger partial charge in [0, 0.05) is 35.4 Å². The average Bonchev–Trinajstić information content (AvgIpc) is 2.29. The molecule has 0 fully saturated rings. The highest BCUT2D eigenvalue weighted by Gasteiger charge is 2.33. The van der Waals surface area contributed by atoms with E-state index in [1.165, 1.54) is 0 Å². The number of nitrogens with one attached hydrogen (secondary N) is 1. The molecule has 0 saturated carbocycles. The predicted molar refractivity (Wildman–Crippen MR) is 77.1 cm³/mol. The van der Waals surface area contributed by atoms with E-state index in [0.717, 1.165) is 16.8 Å². The molecule has 0 bridgehead atoms. The second-order valence-electron chi connectivity index (χ2n) is 5.69. The summed E-state index contributed by atoms with van der Waals surface area (Å²) in [6, 6.07) is 3.73. The zero-order chi connectivity index (χ0) is 14.2. The van der Waals surface area contributed by atoms with E-state index in [2.05, 4.69) is 5.32 Å². The first-order valence-corrected chi connectivity index (χ1v) is 6.93. The number of hydrogen-bond donors (Lipinski definition) is 1. The van der Waals surface area contributed by atoms with Gasteiger partial charge in [0.05, 0.1) is 0 Å². The molecule has 0 radical (unpaired) electrons. The zero-order valence-electron chi connectivity index (χ0n) is 11.5. The molecule has 0 aliphatic carbocycles. The van der Waals surface area contributed by atoms with Gasteiger partial charge in [-0.25, -0.2) is 0 Å². The molecule has 1 aromatic rings. The van der Waals surface area contributed by atoms with Crippen molar-refractivity contribution < 1.29 is 9.59 Å². The summed E-state index contributed by atoms with van der Waals surface area (Å²) in [5.41, 5.74) is 3.24. The Morgan fingerprint density at radius 1 is 1.42 bits per heavy atom. The second kappa shape index (κ2) is 4.97. The van der Waals surface area contributed by atoms with Crippen molar-refractivity contribution >= 4 is 29.0 Å². The Balaban J connectivity index is 2.53. The van der Waals surface area contributed by atoms with E-state index < -0.39 is 0 Å². The number of benzene rings is 1. The molecule has 0 saturated heterocycles. The molecule has 0 atom stereocenters. The molecule has 4 heteroatoms. The summed E-state index contributed by atoms with van der Waals surface area (Å²) in [4.78, 5) is 23.7. The number of hydrogen-bond acceptors (Lipinski definition) is 2. The van der Waals surface area contributed by atoms with Crippen LogP contribution in [0.15, 0.2) is 12.1 Å². The first-order valence-electron chi connectivity index (χ1n) is 6.39. The first-order chi connectivity index (χ1) is 8.85. The third-order valence-electron chi connectivity index (χ3n) is 3.58. The van der Waals surface area contributed by atoms with E-state index in [0.29, 0.717) is 24.3 Å². The molecular weight excluding hydrogens is 262 g/mol. The van der Waals surface area contributed by atoms with Crippen LogP contribution in [0.5, 0.6) is 0 Å². The Bertz CT molecular complexity index is 549. The number of amides is 1. The van der Waals surface area contributed by atoms with Gasteiger partial charge in [0.25, 0.3) is 0 Å². The van der Waals surface area contributed by atoms with Crippen LogP contribution in [-0.4, -0.2) is 17.6 Å². The number of aryl methyl sites for hydroxylation is 1. The molecule has 1 amide bonds. The van der Waals surface area contributed by atoms with Crippen molar-refractivity contribution in [3.05, 3.63) is 28.8 Å². The monoisotopic (exact) mass is 279 g/mol. The molecule has 1 N–H and O–H groups in total. The maximum atomic E-state index is 12.0. The number of carbonyl (C=O) groups excluding carboxylic acids is 2. The maximum absolute atomic E-state index is 12.0. The zero-order valence-corrected chi connectivity index (χ0v) is 12.2. The summed E-state index contributed by atoms with van der Waals surface area (Å²) in [5.74, 6) is 0.406. The Labute approximate surface area is 118 Å². The molecule has 1 aliphatic rings. The predicted octanol–water partition coefficient (Wildman–Crippen LogP) is 3.43. The fraction of sp³-hybridized carbons (Fsp3) is 0.467. The lowest BCUT2D eigenvalue weighted by Gasteiger charge is -2.33. The Kier molecular flexibility index (Phi) is 3.68. The number of rotatable bonds is 3. The molecule has 2 rings (SSSR count). The summed E-state index contributed by atoms with van der Waals surface area (Å²) in [6.45, 7) is 5.97. The molecular formula is C15H18ClNO2. The van der Waals surface area contributed by atoms with Gasteiger partial charge in [-0.1, -0.05) is 13.8 Å². The highest BCUT2D eigenvalue weighted by molar-refractivity contribution is 6.19. The van der Waals surface area contributed by atoms with Crippen molar-refractivity contribution in [2.24, 2.45) is 0 Å². The standard InChI is InChI=1S/C15H18ClNO2/c1-9-6-10(12(18)4-5-16)7-11-14(9)17-13(19)8-15(11,2)3/h6-7H,4-5,8H2,1-3H3,(H,17,19). The highest BCUT2D eigenvalue weighted by atomic mass is 35.5. The molecule has 102 valence electrons. The lowest BCUT2D eigenvalue weighted by molar-refractivity contribution is -0.117. The van der Waals surface area contributed by atoms with Crippen LogP contribution in [0.1, 0.15) is 48.2 Å². The maximum Gasteiger partial charge on any atom is 0.225 e. The van der Waals surface area contributed by atoms with Gasteiger partial charge in [0.1, 0.15) is 0 Å². The number of fused-ring (bicyclic) bond motifs is 1. The van der Waals surface area contributed by atoms with Gasteiger partial charge in [-0.3, -0.25) is 9.59 Å². The van der Waals surface area contributed by atoms with E-state index in [9.17, 15) is 9.59 Å². The van der Waals surface area contributed by atoms with Crippen LogP contribution in [0, 0.1) is 6.92 Å². The lowest BCUT2D eigenvalue weighted by atomic mass is 9.76. The van der Waals surface area contributed by atoms with Gasteiger partial charge < -0.3 is 5.32 Å². The van der Waals surface area contributed by atoms with Crippen molar-refractivity contribution in [2.75, 3.05) is 11.2 Å². The minimum absolute atomic E-state index is 0.0282. The van der Waals surface area contributed by atoms with Crippen molar-refractivity contribution in [2.45, 2.75) is 39.0 Å². The summed E-state index contributed by atoms with van der Waals surface area (Å²) in [7, 11) is 0. The number of alkyl halides is 1. The number of carbonyl (C=O) groups is 2. The van der Waals surface area contributed by atoms with Gasteiger partial charge in [0.2, 0.25) is 5.91 Å². The smallest absolute Gasteiger partial charge is 0.225 e. The van der Waals surface area contributed by atoms with Crippen molar-refractivity contribution in [1.82, 2.24) is 0 Å². The number of Topliss-reactive ketones (excluding diaryl/α,β-unsaturated/α-hetero) is 1. The first kappa shape index (κ1) is 14.1. The molecule has 3 nitrogen and oxygen atoms in total. The van der Waals surface area contributed by atoms with Crippen LogP contribution < -0.4 is 5.32 Å². The van der Waals surface area contributed by atoms with E-state index in [1.54, 1.807) is 0 Å². The van der Waals surface area contributed by atoms with Crippen molar-refractivity contribution in [3.63, 3.8) is 0 Å². The molecule has 1 aromatic carbocycles. The van der Waals surface area contributed by atoms with Crippen LogP contribution in [-0.2, 0) is 10.2 Å². The third-order valence-corrected chi connectivity index (χ3v) is 3.76.